The lowest BCUT2D eigenvalue weighted by Crippen LogP contribution is -2.51. The van der Waals surface area contributed by atoms with Crippen LogP contribution >= 0.6 is 0 Å². The fourth-order valence-corrected chi connectivity index (χ4v) is 6.23. The minimum atomic E-state index is -3.92. The molecule has 1 amide bonds. The van der Waals surface area contributed by atoms with Gasteiger partial charge in [0.15, 0.2) is 6.10 Å². The molecule has 0 saturated carbocycles. The molecule has 0 spiro atoms. The lowest BCUT2D eigenvalue weighted by Gasteiger charge is -2.35. The lowest BCUT2D eigenvalue weighted by atomic mass is 9.93. The number of nitrogens with zero attached hydrogens (tertiary/aromatic N) is 1. The summed E-state index contributed by atoms with van der Waals surface area (Å²) in [7, 11) is -2.27. The van der Waals surface area contributed by atoms with Crippen molar-refractivity contribution in [1.82, 2.24) is 5.32 Å². The largest absolute Gasteiger partial charge is 0.496 e. The van der Waals surface area contributed by atoms with Gasteiger partial charge in [-0.3, -0.25) is 9.10 Å². The van der Waals surface area contributed by atoms with Crippen LogP contribution in [0.4, 0.5) is 5.69 Å². The van der Waals surface area contributed by atoms with Gasteiger partial charge in [0.05, 0.1) is 30.3 Å². The van der Waals surface area contributed by atoms with E-state index in [-0.39, 0.29) is 29.3 Å². The number of carbonyl (C=O) groups excluding carboxylic acids is 1. The van der Waals surface area contributed by atoms with Crippen LogP contribution in [0.5, 0.6) is 11.5 Å². The molecular formula is C30H36N2O5S. The van der Waals surface area contributed by atoms with Crippen molar-refractivity contribution in [3.63, 3.8) is 0 Å². The molecule has 1 aliphatic heterocycles. The first kappa shape index (κ1) is 27.5. The number of sulfonamides is 1. The number of carbonyl (C=O) groups is 1. The third kappa shape index (κ3) is 5.36. The summed E-state index contributed by atoms with van der Waals surface area (Å²) in [6, 6.07) is 15.7. The fourth-order valence-electron chi connectivity index (χ4n) is 4.76. The number of methoxy groups -OCH3 is 1. The van der Waals surface area contributed by atoms with Crippen molar-refractivity contribution < 1.29 is 22.7 Å². The average molecular weight is 537 g/mol. The van der Waals surface area contributed by atoms with Crippen molar-refractivity contribution >= 4 is 21.6 Å². The maximum atomic E-state index is 13.7. The van der Waals surface area contributed by atoms with E-state index < -0.39 is 16.1 Å². The molecule has 2 atom stereocenters. The van der Waals surface area contributed by atoms with Crippen LogP contribution in [-0.2, 0) is 14.8 Å². The van der Waals surface area contributed by atoms with Crippen LogP contribution in [0, 0.1) is 20.8 Å². The van der Waals surface area contributed by atoms with E-state index in [9.17, 15) is 13.2 Å². The summed E-state index contributed by atoms with van der Waals surface area (Å²) in [5, 5.41) is 3.05. The maximum Gasteiger partial charge on any atom is 0.264 e. The molecule has 0 aromatic heterocycles. The number of amides is 1. The third-order valence-electron chi connectivity index (χ3n) is 6.95. The second-order valence-corrected chi connectivity index (χ2v) is 12.1. The number of aryl methyl sites for hydroxylation is 3. The van der Waals surface area contributed by atoms with Gasteiger partial charge in [0.2, 0.25) is 0 Å². The number of nitrogens with one attached hydrogen (secondary N) is 1. The summed E-state index contributed by atoms with van der Waals surface area (Å²) in [5.74, 6) is 1.05. The number of rotatable bonds is 7. The smallest absolute Gasteiger partial charge is 0.264 e. The van der Waals surface area contributed by atoms with E-state index in [4.69, 9.17) is 9.47 Å². The molecule has 8 heteroatoms. The Morgan fingerprint density at radius 1 is 0.974 bits per heavy atom. The van der Waals surface area contributed by atoms with E-state index in [0.29, 0.717) is 11.4 Å². The SMILES string of the molecule is COc1cc(C)c([C@H](C)NC(=O)[C@@H]2CN(S(=O)(=O)c3ccc(C)cc3)c3ccc(C)cc3O2)cc1C(C)C. The van der Waals surface area contributed by atoms with Gasteiger partial charge in [0.25, 0.3) is 15.9 Å². The molecule has 0 radical (unpaired) electrons. The summed E-state index contributed by atoms with van der Waals surface area (Å²) in [4.78, 5) is 13.7. The summed E-state index contributed by atoms with van der Waals surface area (Å²) >= 11 is 0. The number of fused-ring (bicyclic) bond motifs is 1. The first-order chi connectivity index (χ1) is 17.9. The molecule has 3 aromatic rings. The third-order valence-corrected chi connectivity index (χ3v) is 8.75. The molecule has 3 aromatic carbocycles. The topological polar surface area (TPSA) is 84.9 Å². The highest BCUT2D eigenvalue weighted by molar-refractivity contribution is 7.92. The van der Waals surface area contributed by atoms with Crippen molar-refractivity contribution in [3.8, 4) is 11.5 Å². The zero-order valence-electron chi connectivity index (χ0n) is 23.0. The predicted molar refractivity (Wildman–Crippen MR) is 150 cm³/mol. The van der Waals surface area contributed by atoms with Crippen LogP contribution in [0.25, 0.3) is 0 Å². The van der Waals surface area contributed by atoms with Crippen molar-refractivity contribution in [2.75, 3.05) is 18.0 Å². The second kappa shape index (κ2) is 10.7. The minimum Gasteiger partial charge on any atom is -0.496 e. The number of ether oxygens (including phenoxy) is 2. The Labute approximate surface area is 225 Å². The molecule has 1 N–H and O–H groups in total. The quantitative estimate of drug-likeness (QED) is 0.426. The highest BCUT2D eigenvalue weighted by atomic mass is 32.2. The molecule has 0 bridgehead atoms. The van der Waals surface area contributed by atoms with Gasteiger partial charge >= 0.3 is 0 Å². The summed E-state index contributed by atoms with van der Waals surface area (Å²) in [6.07, 6.45) is -1.02. The van der Waals surface area contributed by atoms with Gasteiger partial charge in [0, 0.05) is 0 Å². The van der Waals surface area contributed by atoms with Gasteiger partial charge < -0.3 is 14.8 Å². The first-order valence-corrected chi connectivity index (χ1v) is 14.2. The fraction of sp³-hybridized carbons (Fsp3) is 0.367. The Bertz CT molecular complexity index is 1450. The van der Waals surface area contributed by atoms with Crippen molar-refractivity contribution in [2.24, 2.45) is 0 Å². The second-order valence-electron chi connectivity index (χ2n) is 10.3. The van der Waals surface area contributed by atoms with E-state index in [1.807, 2.05) is 39.8 Å². The lowest BCUT2D eigenvalue weighted by molar-refractivity contribution is -0.128. The Balaban J connectivity index is 1.64. The number of hydrogen-bond donors (Lipinski definition) is 1. The molecule has 7 nitrogen and oxygen atoms in total. The van der Waals surface area contributed by atoms with Crippen molar-refractivity contribution in [1.29, 1.82) is 0 Å². The van der Waals surface area contributed by atoms with Gasteiger partial charge in [-0.05, 0) is 92.3 Å². The zero-order chi connectivity index (χ0) is 27.8. The van der Waals surface area contributed by atoms with E-state index in [1.54, 1.807) is 43.5 Å². The Morgan fingerprint density at radius 3 is 2.26 bits per heavy atom. The zero-order valence-corrected chi connectivity index (χ0v) is 23.8. The molecule has 0 unspecified atom stereocenters. The van der Waals surface area contributed by atoms with Crippen LogP contribution in [0.3, 0.4) is 0 Å². The van der Waals surface area contributed by atoms with E-state index in [1.165, 1.54) is 4.31 Å². The Hall–Kier alpha value is -3.52. The van der Waals surface area contributed by atoms with Crippen LogP contribution in [0.2, 0.25) is 0 Å². The molecule has 1 heterocycles. The molecule has 1 aliphatic rings. The van der Waals surface area contributed by atoms with Crippen molar-refractivity contribution in [3.05, 3.63) is 82.4 Å². The maximum absolute atomic E-state index is 13.7. The normalized spacial score (nSPS) is 16.0. The molecule has 4 rings (SSSR count). The molecule has 0 saturated heterocycles. The molecule has 0 aliphatic carbocycles. The molecular weight excluding hydrogens is 500 g/mol. The van der Waals surface area contributed by atoms with Gasteiger partial charge in [-0.1, -0.05) is 37.6 Å². The highest BCUT2D eigenvalue weighted by Crippen LogP contribution is 2.38. The highest BCUT2D eigenvalue weighted by Gasteiger charge is 2.38. The molecule has 0 fully saturated rings. The molecule has 38 heavy (non-hydrogen) atoms. The number of benzene rings is 3. The van der Waals surface area contributed by atoms with E-state index in [0.717, 1.165) is 33.6 Å². The van der Waals surface area contributed by atoms with E-state index >= 15 is 0 Å². The Morgan fingerprint density at radius 2 is 1.63 bits per heavy atom. The minimum absolute atomic E-state index is 0.135. The predicted octanol–water partition coefficient (Wildman–Crippen LogP) is 5.58. The van der Waals surface area contributed by atoms with Gasteiger partial charge in [-0.15, -0.1) is 0 Å². The Kier molecular flexibility index (Phi) is 7.74. The number of hydrogen-bond acceptors (Lipinski definition) is 5. The average Bonchev–Trinajstić information content (AvgIpc) is 2.87. The van der Waals surface area contributed by atoms with Crippen LogP contribution in [0.15, 0.2) is 59.5 Å². The van der Waals surface area contributed by atoms with Crippen molar-refractivity contribution in [2.45, 2.75) is 64.5 Å². The summed E-state index contributed by atoms with van der Waals surface area (Å²) < 4.78 is 40.3. The van der Waals surface area contributed by atoms with Gasteiger partial charge in [-0.25, -0.2) is 8.42 Å². The van der Waals surface area contributed by atoms with E-state index in [2.05, 4.69) is 25.2 Å². The van der Waals surface area contributed by atoms with Crippen LogP contribution in [-0.4, -0.2) is 34.1 Å². The van der Waals surface area contributed by atoms with Gasteiger partial charge in [-0.2, -0.15) is 0 Å². The standard InChI is InChI=1S/C30H36N2O5S/c1-18(2)24-16-25(21(5)15-27(24)36-7)22(6)31-30(33)29-17-32(26-13-10-20(4)14-28(26)37-29)38(34,35)23-11-8-19(3)9-12-23/h8-16,18,22,29H,17H2,1-7H3,(H,31,33)/t22-,29-/m0/s1. The first-order valence-electron chi connectivity index (χ1n) is 12.8. The number of anilines is 1. The monoisotopic (exact) mass is 536 g/mol. The van der Waals surface area contributed by atoms with Crippen LogP contribution < -0.4 is 19.1 Å². The molecule has 202 valence electrons. The summed E-state index contributed by atoms with van der Waals surface area (Å²) in [6.45, 7) is 11.8. The summed E-state index contributed by atoms with van der Waals surface area (Å²) in [5.41, 5.74) is 5.31. The van der Waals surface area contributed by atoms with Gasteiger partial charge in [0.1, 0.15) is 11.5 Å². The van der Waals surface area contributed by atoms with Crippen LogP contribution in [0.1, 0.15) is 60.5 Å².